The van der Waals surface area contributed by atoms with Crippen LogP contribution in [0, 0.1) is 5.41 Å². The van der Waals surface area contributed by atoms with Crippen molar-refractivity contribution in [2.75, 3.05) is 51.8 Å². The van der Waals surface area contributed by atoms with Gasteiger partial charge in [0, 0.05) is 60.7 Å². The van der Waals surface area contributed by atoms with Gasteiger partial charge in [-0.25, -0.2) is 9.82 Å². The van der Waals surface area contributed by atoms with Gasteiger partial charge in [-0.15, -0.1) is 14.0 Å². The number of nitrogens with one attached hydrogen (secondary N) is 8. The monoisotopic (exact) mass is 867 g/mol. The molecule has 0 aromatic rings. The van der Waals surface area contributed by atoms with Crippen molar-refractivity contribution < 1.29 is 43.5 Å². The molecule has 1 fully saturated rings. The second kappa shape index (κ2) is 13.0. The summed E-state index contributed by atoms with van der Waals surface area (Å²) in [5.41, 5.74) is 25.7. The Balaban J connectivity index is 1.49. The Morgan fingerprint density at radius 3 is 2.63 bits per heavy atom. The highest BCUT2D eigenvalue weighted by atomic mass is 32.4. The lowest BCUT2D eigenvalue weighted by Gasteiger charge is -2.91. The Hall–Kier alpha value is -4.92. The summed E-state index contributed by atoms with van der Waals surface area (Å²) in [6, 6.07) is -0.819. The van der Waals surface area contributed by atoms with Gasteiger partial charge < -0.3 is 38.8 Å². The minimum absolute atomic E-state index is 0.0440. The first kappa shape index (κ1) is 36.9. The molecule has 8 N–H and O–H groups in total. The number of hydroxylamine groups is 6. The summed E-state index contributed by atoms with van der Waals surface area (Å²) < 4.78 is 6.48. The Bertz CT molecular complexity index is 2140. The highest BCUT2D eigenvalue weighted by Crippen LogP contribution is 3.16. The van der Waals surface area contributed by atoms with Crippen LogP contribution in [0.5, 0.6) is 0 Å². The fourth-order valence-electron chi connectivity index (χ4n) is 13.2. The molecule has 7 unspecified atom stereocenters. The van der Waals surface area contributed by atoms with E-state index in [4.69, 9.17) is 63.4 Å². The Morgan fingerprint density at radius 2 is 2.00 bits per heavy atom. The molecule has 320 valence electrons. The summed E-state index contributed by atoms with van der Waals surface area (Å²) in [5, 5.41) is 14.5. The van der Waals surface area contributed by atoms with E-state index in [-0.39, 0.29) is 33.0 Å². The smallest absolute Gasteiger partial charge is 0.174 e. The topological polar surface area (TPSA) is 232 Å². The average Bonchev–Trinajstić information content (AvgIpc) is 4.16. The largest absolute Gasteiger partial charge is 0.416 e. The molecule has 1 saturated heterocycles. The van der Waals surface area contributed by atoms with Crippen molar-refractivity contribution in [3.8, 4) is 0 Å². The lowest BCUT2D eigenvalue weighted by atomic mass is 9.50. The zero-order chi connectivity index (χ0) is 39.9. The van der Waals surface area contributed by atoms with Crippen LogP contribution in [0.4, 0.5) is 0 Å². The predicted molar refractivity (Wildman–Crippen MR) is 218 cm³/mol. The van der Waals surface area contributed by atoms with Crippen LogP contribution in [0.15, 0.2) is 102 Å². The Labute approximate surface area is 346 Å². The van der Waals surface area contributed by atoms with Gasteiger partial charge in [0.25, 0.3) is 0 Å². The van der Waals surface area contributed by atoms with Gasteiger partial charge in [-0.1, -0.05) is 15.5 Å². The van der Waals surface area contributed by atoms with E-state index in [0.29, 0.717) is 54.7 Å². The number of oxime groups is 3. The van der Waals surface area contributed by atoms with Crippen LogP contribution in [0.1, 0.15) is 19.3 Å². The molecule has 22 nitrogen and oxygen atoms in total. The lowest BCUT2D eigenvalue weighted by molar-refractivity contribution is -0.0456. The van der Waals surface area contributed by atoms with Crippen LogP contribution in [-0.2, 0) is 43.5 Å². The van der Waals surface area contributed by atoms with Crippen LogP contribution in [0.3, 0.4) is 0 Å². The Kier molecular flexibility index (Phi) is 8.02. The number of hydrogen-bond acceptors (Lipinski definition) is 23. The van der Waals surface area contributed by atoms with Gasteiger partial charge in [-0.05, 0) is 42.3 Å². The summed E-state index contributed by atoms with van der Waals surface area (Å²) in [6.07, 6.45) is 21.8. The SMILES string of the molecule is C1=CC(C2(C3C=CON3)C(C3=CONC3)(C3=CCNO3)C(C3=CCNN3)(C3=NSCC3)N(C3=NOCC3)S2(C2=CNOC2)(C2=CCON2)(C2C=NOC2)C2CC=NO2)ON1. The van der Waals surface area contributed by atoms with Gasteiger partial charge in [0.1, 0.15) is 55.2 Å². The van der Waals surface area contributed by atoms with Crippen molar-refractivity contribution in [1.29, 1.82) is 0 Å². The molecule has 0 amide bonds. The quantitative estimate of drug-likeness (QED) is 0.138. The summed E-state index contributed by atoms with van der Waals surface area (Å²) in [4.78, 5) is 60.4. The maximum absolute atomic E-state index is 7.26. The van der Waals surface area contributed by atoms with Gasteiger partial charge in [0.15, 0.2) is 11.3 Å². The van der Waals surface area contributed by atoms with Crippen LogP contribution >= 0.6 is 20.4 Å². The normalized spacial score (nSPS) is 40.7. The highest BCUT2D eigenvalue weighted by molar-refractivity contribution is 8.70. The molecule has 12 aliphatic heterocycles. The van der Waals surface area contributed by atoms with Gasteiger partial charge in [0.2, 0.25) is 0 Å². The second-order valence-electron chi connectivity index (χ2n) is 15.8. The molecule has 0 aromatic carbocycles. The number of nitrogens with zero attached hydrogens (tertiary/aromatic N) is 5. The zero-order valence-corrected chi connectivity index (χ0v) is 33.8. The predicted octanol–water partition coefficient (Wildman–Crippen LogP) is 0.316. The minimum atomic E-state index is -5.86. The maximum Gasteiger partial charge on any atom is 0.174 e. The first-order chi connectivity index (χ1) is 29.7. The number of rotatable bonds is 10. The van der Waals surface area contributed by atoms with Gasteiger partial charge >= 0.3 is 0 Å². The van der Waals surface area contributed by atoms with E-state index in [0.717, 1.165) is 21.9 Å². The third-order valence-corrected chi connectivity index (χ3v) is 25.5. The Morgan fingerprint density at radius 1 is 1.00 bits per heavy atom. The van der Waals surface area contributed by atoms with E-state index < -0.39 is 47.0 Å². The van der Waals surface area contributed by atoms with Crippen molar-refractivity contribution >= 4 is 44.4 Å². The molecule has 12 rings (SSSR count). The fourth-order valence-corrected chi connectivity index (χ4v) is 26.5. The van der Waals surface area contributed by atoms with E-state index in [1.54, 1.807) is 12.5 Å². The molecular formula is C36H45N13O9S2. The van der Waals surface area contributed by atoms with Crippen LogP contribution in [-0.4, -0.2) is 113 Å². The van der Waals surface area contributed by atoms with E-state index in [1.807, 2.05) is 30.9 Å². The number of hydrazine groups is 1. The molecule has 7 atom stereocenters. The van der Waals surface area contributed by atoms with Gasteiger partial charge in [0.05, 0.1) is 58.4 Å². The third kappa shape index (κ3) is 3.56. The summed E-state index contributed by atoms with van der Waals surface area (Å²) in [7, 11) is -5.86. The van der Waals surface area contributed by atoms with E-state index >= 15 is 0 Å². The third-order valence-electron chi connectivity index (χ3n) is 14.4. The first-order valence-electron chi connectivity index (χ1n) is 20.0. The van der Waals surface area contributed by atoms with Gasteiger partial charge in [-0.2, -0.15) is 11.0 Å². The second-order valence-corrected chi connectivity index (χ2v) is 23.1. The van der Waals surface area contributed by atoms with Crippen molar-refractivity contribution in [2.24, 2.45) is 25.3 Å². The van der Waals surface area contributed by atoms with E-state index in [9.17, 15) is 0 Å². The molecule has 24 heteroatoms. The minimum Gasteiger partial charge on any atom is -0.416 e. The molecule has 12 aliphatic rings. The van der Waals surface area contributed by atoms with E-state index in [2.05, 4.69) is 72.3 Å². The van der Waals surface area contributed by atoms with Crippen molar-refractivity contribution in [1.82, 2.24) is 48.0 Å². The molecule has 0 bridgehead atoms. The molecule has 0 spiro atoms. The molecule has 0 radical (unpaired) electrons. The van der Waals surface area contributed by atoms with Crippen LogP contribution in [0.25, 0.3) is 0 Å². The van der Waals surface area contributed by atoms with Gasteiger partial charge in [-0.3, -0.25) is 31.0 Å². The molecule has 0 aromatic heterocycles. The standard InChI is InChI=1S/C36H45N13O9S2/c1-9-37-44-26(1)35(27-8-16-59-48-27)34(23-17-41-53-20-23,29-2-10-38-56-29)36(28-5-13-50-45-28,30-3-11-39-57-30)60(24-18-42-54-21-24,25-19-43-55-22-25,32-7-15-52-47-32,33-4-12-40-58-33)49(35)31-6-14-51-46-31/h1-3,5,7,11-13,18-20,24,28,30,33,37-39,41,43-45,47H,4,6,8-10,14-17,21-22H2. The van der Waals surface area contributed by atoms with Crippen molar-refractivity contribution in [3.63, 3.8) is 0 Å². The molecule has 60 heavy (non-hydrogen) atoms. The molecule has 12 heterocycles. The molecular weight excluding hydrogens is 823 g/mol. The lowest BCUT2D eigenvalue weighted by Crippen LogP contribution is -2.83. The zero-order valence-electron chi connectivity index (χ0n) is 32.2. The molecule has 0 saturated carbocycles. The van der Waals surface area contributed by atoms with Crippen LogP contribution < -0.4 is 43.7 Å². The van der Waals surface area contributed by atoms with E-state index in [1.165, 1.54) is 11.9 Å². The summed E-state index contributed by atoms with van der Waals surface area (Å²) in [6.45, 7) is 1.66. The van der Waals surface area contributed by atoms with Crippen LogP contribution in [0.2, 0.25) is 0 Å². The van der Waals surface area contributed by atoms with Crippen molar-refractivity contribution in [2.45, 2.75) is 52.4 Å². The number of hydrogen-bond donors (Lipinski definition) is 8. The highest BCUT2D eigenvalue weighted by Gasteiger charge is 3.05. The number of amidine groups is 1. The summed E-state index contributed by atoms with van der Waals surface area (Å²) >= 11 is 1.51. The summed E-state index contributed by atoms with van der Waals surface area (Å²) in [5.74, 6) is 1.86. The molecule has 0 aliphatic carbocycles. The van der Waals surface area contributed by atoms with Crippen molar-refractivity contribution in [3.05, 3.63) is 82.3 Å². The average molecular weight is 868 g/mol. The fraction of sp³-hybridized carbons (Fsp3) is 0.500. The maximum atomic E-state index is 7.26. The first-order valence-corrected chi connectivity index (χ1v) is 23.4.